The summed E-state index contributed by atoms with van der Waals surface area (Å²) in [5.74, 6) is 1.73. The Hall–Kier alpha value is -3.46. The van der Waals surface area contributed by atoms with E-state index in [1.165, 1.54) is 5.70 Å². The number of nitrogens with zero attached hydrogens (tertiary/aromatic N) is 2. The second kappa shape index (κ2) is 6.31. The van der Waals surface area contributed by atoms with E-state index in [-0.39, 0.29) is 0 Å². The molecular weight excluding hydrogens is 344 g/mol. The summed E-state index contributed by atoms with van der Waals surface area (Å²) in [5, 5.41) is 1.07. The summed E-state index contributed by atoms with van der Waals surface area (Å²) in [6.45, 7) is 8.05. The van der Waals surface area contributed by atoms with Crippen LogP contribution in [0.1, 0.15) is 24.1 Å². The van der Waals surface area contributed by atoms with Gasteiger partial charge in [0.15, 0.2) is 11.5 Å². The van der Waals surface area contributed by atoms with Crippen molar-refractivity contribution in [3.8, 4) is 11.5 Å². The number of anilines is 2. The fraction of sp³-hybridized carbons (Fsp3) is 0.120. The molecule has 0 N–H and O–H groups in total. The number of aryl methyl sites for hydroxylation is 1. The van der Waals surface area contributed by atoms with E-state index in [1.807, 2.05) is 24.3 Å². The number of rotatable bonds is 3. The Kier molecular flexibility index (Phi) is 3.76. The predicted molar refractivity (Wildman–Crippen MR) is 118 cm³/mol. The molecule has 28 heavy (non-hydrogen) atoms. The van der Waals surface area contributed by atoms with Crippen LogP contribution in [0.4, 0.5) is 11.4 Å². The van der Waals surface area contributed by atoms with Crippen LogP contribution in [-0.2, 0) is 7.05 Å². The number of para-hydroxylation sites is 2. The first-order chi connectivity index (χ1) is 13.7. The molecule has 0 amide bonds. The maximum atomic E-state index is 6.48. The molecule has 0 bridgehead atoms. The zero-order valence-corrected chi connectivity index (χ0v) is 16.0. The number of fused-ring (bicyclic) bond motifs is 4. The maximum absolute atomic E-state index is 6.48. The highest BCUT2D eigenvalue weighted by Gasteiger charge is 2.30. The molecule has 1 aromatic heterocycles. The van der Waals surface area contributed by atoms with Gasteiger partial charge in [-0.1, -0.05) is 43.5 Å². The zero-order chi connectivity index (χ0) is 19.3. The third-order valence-electron chi connectivity index (χ3n) is 5.57. The highest BCUT2D eigenvalue weighted by molar-refractivity contribution is 6.03. The van der Waals surface area contributed by atoms with Crippen LogP contribution in [0.25, 0.3) is 23.1 Å². The first-order valence-electron chi connectivity index (χ1n) is 9.58. The normalized spacial score (nSPS) is 14.9. The van der Waals surface area contributed by atoms with Gasteiger partial charge in [-0.25, -0.2) is 0 Å². The van der Waals surface area contributed by atoms with Crippen molar-refractivity contribution >= 4 is 34.4 Å². The van der Waals surface area contributed by atoms with Gasteiger partial charge in [0.1, 0.15) is 0 Å². The summed E-state index contributed by atoms with van der Waals surface area (Å²) >= 11 is 0. The molecular formula is C25H22N2O. The first-order valence-corrected chi connectivity index (χ1v) is 9.58. The van der Waals surface area contributed by atoms with Crippen molar-refractivity contribution in [3.05, 3.63) is 84.7 Å². The lowest BCUT2D eigenvalue weighted by molar-refractivity contribution is 0.481. The Labute approximate surface area is 165 Å². The highest BCUT2D eigenvalue weighted by atomic mass is 16.5. The molecule has 5 rings (SSSR count). The van der Waals surface area contributed by atoms with Gasteiger partial charge in [-0.3, -0.25) is 0 Å². The van der Waals surface area contributed by atoms with E-state index in [2.05, 4.69) is 72.2 Å². The Balaban J connectivity index is 1.86. The van der Waals surface area contributed by atoms with Crippen LogP contribution in [0.3, 0.4) is 0 Å². The van der Waals surface area contributed by atoms with Crippen molar-refractivity contribution in [1.29, 1.82) is 0 Å². The molecule has 0 radical (unpaired) electrons. The summed E-state index contributed by atoms with van der Waals surface area (Å²) < 4.78 is 8.63. The Morgan fingerprint density at radius 2 is 1.86 bits per heavy atom. The molecule has 138 valence electrons. The van der Waals surface area contributed by atoms with Gasteiger partial charge in [-0.2, -0.15) is 0 Å². The standard InChI is InChI=1S/C25H22N2O/c1-4-18-19(5-2)26(3)21-15-16-22-25(24(18)21)28-23-14-10-9-13-20(23)27(22)17-11-7-6-8-12-17/h4-5,7,9-16H,1-2,6,8H2,3H3. The fourth-order valence-corrected chi connectivity index (χ4v) is 4.28. The SMILES string of the molecule is C=Cc1c(C=C)n(C)c2ccc3c(c12)Oc1ccccc1N3C1=CCCC=C1. The number of ether oxygens (including phenoxy) is 1. The summed E-state index contributed by atoms with van der Waals surface area (Å²) in [6, 6.07) is 12.5. The van der Waals surface area contributed by atoms with Crippen molar-refractivity contribution in [3.63, 3.8) is 0 Å². The Morgan fingerprint density at radius 3 is 2.61 bits per heavy atom. The van der Waals surface area contributed by atoms with Gasteiger partial charge in [0.25, 0.3) is 0 Å². The molecule has 0 fully saturated rings. The lowest BCUT2D eigenvalue weighted by Gasteiger charge is -2.34. The average molecular weight is 366 g/mol. The highest BCUT2D eigenvalue weighted by Crippen LogP contribution is 2.53. The number of benzene rings is 2. The van der Waals surface area contributed by atoms with Gasteiger partial charge < -0.3 is 14.2 Å². The molecule has 3 nitrogen and oxygen atoms in total. The fourth-order valence-electron chi connectivity index (χ4n) is 4.28. The monoisotopic (exact) mass is 366 g/mol. The van der Waals surface area contributed by atoms with E-state index in [0.29, 0.717) is 0 Å². The van der Waals surface area contributed by atoms with Crippen LogP contribution in [0, 0.1) is 0 Å². The smallest absolute Gasteiger partial charge is 0.161 e. The van der Waals surface area contributed by atoms with Crippen LogP contribution in [-0.4, -0.2) is 4.57 Å². The van der Waals surface area contributed by atoms with E-state index in [4.69, 9.17) is 4.74 Å². The van der Waals surface area contributed by atoms with Gasteiger partial charge in [-0.15, -0.1) is 0 Å². The molecule has 0 saturated heterocycles. The molecule has 2 aliphatic rings. The van der Waals surface area contributed by atoms with Crippen LogP contribution in [0.2, 0.25) is 0 Å². The van der Waals surface area contributed by atoms with E-state index < -0.39 is 0 Å². The Morgan fingerprint density at radius 1 is 1.00 bits per heavy atom. The van der Waals surface area contributed by atoms with E-state index in [1.54, 1.807) is 0 Å². The predicted octanol–water partition coefficient (Wildman–Crippen LogP) is 6.94. The summed E-state index contributed by atoms with van der Waals surface area (Å²) in [5.41, 5.74) is 6.50. The van der Waals surface area contributed by atoms with Gasteiger partial charge in [0.05, 0.1) is 22.3 Å². The van der Waals surface area contributed by atoms with Crippen molar-refractivity contribution < 1.29 is 4.74 Å². The molecule has 3 heteroatoms. The van der Waals surface area contributed by atoms with Crippen LogP contribution < -0.4 is 9.64 Å². The second-order valence-electron chi connectivity index (χ2n) is 7.09. The summed E-state index contributed by atoms with van der Waals surface area (Å²) in [6.07, 6.45) is 12.6. The topological polar surface area (TPSA) is 17.4 Å². The quantitative estimate of drug-likeness (QED) is 0.499. The maximum Gasteiger partial charge on any atom is 0.161 e. The van der Waals surface area contributed by atoms with Crippen LogP contribution in [0.15, 0.2) is 73.5 Å². The summed E-state index contributed by atoms with van der Waals surface area (Å²) in [4.78, 5) is 2.30. The number of hydrogen-bond acceptors (Lipinski definition) is 2. The van der Waals surface area contributed by atoms with Crippen LogP contribution in [0.5, 0.6) is 11.5 Å². The largest absolute Gasteiger partial charge is 0.452 e. The lowest BCUT2D eigenvalue weighted by atomic mass is 10.0. The molecule has 2 heterocycles. The van der Waals surface area contributed by atoms with E-state index >= 15 is 0 Å². The van der Waals surface area contributed by atoms with Crippen LogP contribution >= 0.6 is 0 Å². The van der Waals surface area contributed by atoms with Crippen molar-refractivity contribution in [1.82, 2.24) is 4.57 Å². The van der Waals surface area contributed by atoms with Crippen molar-refractivity contribution in [2.45, 2.75) is 12.8 Å². The van der Waals surface area contributed by atoms with Gasteiger partial charge >= 0.3 is 0 Å². The average Bonchev–Trinajstić information content (AvgIpc) is 3.04. The first kappa shape index (κ1) is 16.7. The van der Waals surface area contributed by atoms with Crippen molar-refractivity contribution in [2.24, 2.45) is 7.05 Å². The third kappa shape index (κ3) is 2.23. The second-order valence-corrected chi connectivity index (χ2v) is 7.09. The third-order valence-corrected chi connectivity index (χ3v) is 5.57. The minimum absolute atomic E-state index is 0.862. The molecule has 0 spiro atoms. The van der Waals surface area contributed by atoms with Crippen molar-refractivity contribution in [2.75, 3.05) is 4.90 Å². The van der Waals surface area contributed by atoms with E-state index in [0.717, 1.165) is 57.9 Å². The zero-order valence-electron chi connectivity index (χ0n) is 16.0. The Bertz CT molecular complexity index is 1190. The number of aromatic nitrogens is 1. The molecule has 0 saturated carbocycles. The molecule has 0 atom stereocenters. The number of hydrogen-bond donors (Lipinski definition) is 0. The van der Waals surface area contributed by atoms with Gasteiger partial charge in [-0.05, 0) is 49.3 Å². The number of allylic oxidation sites excluding steroid dienone is 3. The van der Waals surface area contributed by atoms with Gasteiger partial charge in [0.2, 0.25) is 0 Å². The van der Waals surface area contributed by atoms with Gasteiger partial charge in [0, 0.05) is 24.0 Å². The molecule has 2 aromatic carbocycles. The van der Waals surface area contributed by atoms with E-state index in [9.17, 15) is 0 Å². The molecule has 3 aromatic rings. The minimum Gasteiger partial charge on any atom is -0.452 e. The molecule has 0 unspecified atom stereocenters. The summed E-state index contributed by atoms with van der Waals surface area (Å²) in [7, 11) is 2.06. The minimum atomic E-state index is 0.862. The molecule has 1 aliphatic heterocycles. The molecule has 1 aliphatic carbocycles. The lowest BCUT2D eigenvalue weighted by Crippen LogP contribution is -2.20.